The first-order valence-electron chi connectivity index (χ1n) is 10.4. The lowest BCUT2D eigenvalue weighted by molar-refractivity contribution is 0.872. The van der Waals surface area contributed by atoms with Crippen molar-refractivity contribution in [1.29, 1.82) is 0 Å². The molecule has 2 heteroatoms. The summed E-state index contributed by atoms with van der Waals surface area (Å²) in [5.74, 6) is 0. The Morgan fingerprint density at radius 1 is 0.704 bits per heavy atom. The molecule has 0 aliphatic rings. The number of unbranched alkanes of at least 4 members (excludes halogenated alkanes) is 1. The van der Waals surface area contributed by atoms with Crippen molar-refractivity contribution in [3.8, 4) is 0 Å². The maximum atomic E-state index is 2.62. The van der Waals surface area contributed by atoms with Crippen LogP contribution < -0.4 is 10.4 Å². The van der Waals surface area contributed by atoms with E-state index in [0.717, 1.165) is 0 Å². The molecule has 0 bridgehead atoms. The van der Waals surface area contributed by atoms with E-state index in [4.69, 9.17) is 0 Å². The van der Waals surface area contributed by atoms with Crippen LogP contribution in [0.1, 0.15) is 25.3 Å². The van der Waals surface area contributed by atoms with Gasteiger partial charge in [0.05, 0.1) is 0 Å². The summed E-state index contributed by atoms with van der Waals surface area (Å²) in [6.07, 6.45) is 2.58. The zero-order chi connectivity index (χ0) is 19.5. The molecule has 3 aromatic carbocycles. The van der Waals surface area contributed by atoms with E-state index < -0.39 is 16.1 Å². The van der Waals surface area contributed by atoms with Crippen LogP contribution in [-0.2, 0) is 6.04 Å². The Hall–Kier alpha value is -1.65. The summed E-state index contributed by atoms with van der Waals surface area (Å²) in [6.45, 7) is 12.4. The molecule has 27 heavy (non-hydrogen) atoms. The Bertz CT molecular complexity index is 902. The van der Waals surface area contributed by atoms with Crippen molar-refractivity contribution in [3.05, 3.63) is 72.3 Å². The van der Waals surface area contributed by atoms with Gasteiger partial charge >= 0.3 is 0 Å². The van der Waals surface area contributed by atoms with Crippen LogP contribution in [0.15, 0.2) is 66.7 Å². The molecule has 0 radical (unpaired) electrons. The van der Waals surface area contributed by atoms with Gasteiger partial charge in [-0.1, -0.05) is 123 Å². The molecule has 0 nitrogen and oxygen atoms in total. The minimum absolute atomic E-state index is 1.17. The minimum atomic E-state index is -1.81. The predicted octanol–water partition coefficient (Wildman–Crippen LogP) is 6.25. The van der Waals surface area contributed by atoms with E-state index in [0.29, 0.717) is 0 Å². The van der Waals surface area contributed by atoms with E-state index in [2.05, 4.69) is 99.8 Å². The van der Waals surface area contributed by atoms with Crippen LogP contribution in [0.4, 0.5) is 0 Å². The van der Waals surface area contributed by atoms with Crippen molar-refractivity contribution >= 4 is 37.3 Å². The summed E-state index contributed by atoms with van der Waals surface area (Å²) in [6, 6.07) is 27.9. The Kier molecular flexibility index (Phi) is 6.07. The topological polar surface area (TPSA) is 0 Å². The highest BCUT2D eigenvalue weighted by molar-refractivity contribution is 7.03. The lowest BCUT2D eigenvalue weighted by Crippen LogP contribution is -2.57. The van der Waals surface area contributed by atoms with E-state index in [-0.39, 0.29) is 0 Å². The largest absolute Gasteiger partial charge is 0.116 e. The summed E-state index contributed by atoms with van der Waals surface area (Å²) >= 11 is 0. The fourth-order valence-corrected chi connectivity index (χ4v) is 10.6. The molecule has 0 fully saturated rings. The SMILES string of the molecule is CCCC[Si](C)(c1ccccc1C[Si](C)(C)C)c1cccc2ccccc12. The third-order valence-electron chi connectivity index (χ3n) is 5.75. The summed E-state index contributed by atoms with van der Waals surface area (Å²) in [5, 5.41) is 6.15. The van der Waals surface area contributed by atoms with E-state index in [9.17, 15) is 0 Å². The predicted molar refractivity (Wildman–Crippen MR) is 128 cm³/mol. The van der Waals surface area contributed by atoms with Gasteiger partial charge in [0.2, 0.25) is 0 Å². The Labute approximate surface area is 167 Å². The first-order valence-corrected chi connectivity index (χ1v) is 16.8. The van der Waals surface area contributed by atoms with Crippen molar-refractivity contribution in [2.24, 2.45) is 0 Å². The van der Waals surface area contributed by atoms with Gasteiger partial charge in [-0.25, -0.2) is 0 Å². The second-order valence-electron chi connectivity index (χ2n) is 9.36. The van der Waals surface area contributed by atoms with E-state index >= 15 is 0 Å². The summed E-state index contributed by atoms with van der Waals surface area (Å²) in [4.78, 5) is 0. The molecule has 1 unspecified atom stereocenters. The number of hydrogen-bond acceptors (Lipinski definition) is 0. The fraction of sp³-hybridized carbons (Fsp3) is 0.360. The molecule has 0 heterocycles. The highest BCUT2D eigenvalue weighted by Gasteiger charge is 2.35. The van der Waals surface area contributed by atoms with Crippen LogP contribution >= 0.6 is 0 Å². The van der Waals surface area contributed by atoms with Crippen LogP contribution in [-0.4, -0.2) is 16.1 Å². The molecule has 0 aliphatic heterocycles. The maximum Gasteiger partial charge on any atom is 0.116 e. The quantitative estimate of drug-likeness (QED) is 0.418. The lowest BCUT2D eigenvalue weighted by Gasteiger charge is -2.33. The lowest BCUT2D eigenvalue weighted by atomic mass is 10.1. The molecule has 0 aromatic heterocycles. The molecule has 0 aliphatic carbocycles. The monoisotopic (exact) mass is 390 g/mol. The molecular formula is C25H34Si2. The number of rotatable bonds is 7. The van der Waals surface area contributed by atoms with Crippen molar-refractivity contribution in [2.75, 3.05) is 0 Å². The van der Waals surface area contributed by atoms with Gasteiger partial charge in [0.15, 0.2) is 0 Å². The van der Waals surface area contributed by atoms with Gasteiger partial charge in [0.1, 0.15) is 8.07 Å². The Balaban J connectivity index is 2.22. The third kappa shape index (κ3) is 4.44. The second kappa shape index (κ2) is 8.16. The minimum Gasteiger partial charge on any atom is -0.0693 e. The van der Waals surface area contributed by atoms with E-state index in [1.165, 1.54) is 35.7 Å². The van der Waals surface area contributed by atoms with Crippen LogP contribution in [0.5, 0.6) is 0 Å². The highest BCUT2D eigenvalue weighted by Crippen LogP contribution is 2.23. The van der Waals surface area contributed by atoms with Gasteiger partial charge < -0.3 is 0 Å². The van der Waals surface area contributed by atoms with Crippen molar-refractivity contribution < 1.29 is 0 Å². The van der Waals surface area contributed by atoms with Crippen molar-refractivity contribution in [3.63, 3.8) is 0 Å². The molecule has 1 atom stereocenters. The number of hydrogen-bond donors (Lipinski definition) is 0. The van der Waals surface area contributed by atoms with Gasteiger partial charge in [-0.15, -0.1) is 0 Å². The maximum absolute atomic E-state index is 2.62. The molecular weight excluding hydrogens is 356 g/mol. The third-order valence-corrected chi connectivity index (χ3v) is 11.8. The normalized spacial score (nSPS) is 14.3. The Morgan fingerprint density at radius 2 is 1.33 bits per heavy atom. The molecule has 142 valence electrons. The van der Waals surface area contributed by atoms with Crippen molar-refractivity contribution in [1.82, 2.24) is 0 Å². The number of benzene rings is 3. The van der Waals surface area contributed by atoms with Gasteiger partial charge in [-0.2, -0.15) is 0 Å². The summed E-state index contributed by atoms with van der Waals surface area (Å²) < 4.78 is 0. The van der Waals surface area contributed by atoms with Gasteiger partial charge in [-0.3, -0.25) is 0 Å². The standard InChI is InChI=1S/C25H34Si2/c1-6-7-19-27(5,24-17-11-9-14-22(24)20-26(2,3)4)25-18-12-15-21-13-8-10-16-23(21)25/h8-18H,6-7,19-20H2,1-5H3. The van der Waals surface area contributed by atoms with Crippen LogP contribution in [0.3, 0.4) is 0 Å². The molecule has 3 aromatic rings. The van der Waals surface area contributed by atoms with Crippen molar-refractivity contribution in [2.45, 2.75) is 58.0 Å². The van der Waals surface area contributed by atoms with Gasteiger partial charge in [-0.05, 0) is 28.0 Å². The molecule has 0 saturated carbocycles. The zero-order valence-corrected chi connectivity index (χ0v) is 19.7. The van der Waals surface area contributed by atoms with Crippen LogP contribution in [0.25, 0.3) is 10.8 Å². The fourth-order valence-electron chi connectivity index (χ4n) is 4.44. The second-order valence-corrected chi connectivity index (χ2v) is 19.1. The van der Waals surface area contributed by atoms with Gasteiger partial charge in [0.25, 0.3) is 0 Å². The molecule has 0 amide bonds. The summed E-state index contributed by atoms with van der Waals surface area (Å²) in [5.41, 5.74) is 1.62. The smallest absolute Gasteiger partial charge is 0.0693 e. The summed E-state index contributed by atoms with van der Waals surface area (Å²) in [7, 11) is -2.98. The van der Waals surface area contributed by atoms with Gasteiger partial charge in [0, 0.05) is 8.07 Å². The highest BCUT2D eigenvalue weighted by atomic mass is 28.3. The number of fused-ring (bicyclic) bond motifs is 1. The molecule has 0 spiro atoms. The average molecular weight is 391 g/mol. The van der Waals surface area contributed by atoms with E-state index in [1.54, 1.807) is 15.9 Å². The first kappa shape index (κ1) is 20.1. The Morgan fingerprint density at radius 3 is 2.07 bits per heavy atom. The van der Waals surface area contributed by atoms with E-state index in [1.807, 2.05) is 0 Å². The molecule has 3 rings (SSSR count). The molecule has 0 N–H and O–H groups in total. The first-order chi connectivity index (χ1) is 12.8. The van der Waals surface area contributed by atoms with Crippen LogP contribution in [0.2, 0.25) is 32.2 Å². The van der Waals surface area contributed by atoms with Crippen LogP contribution in [0, 0.1) is 0 Å². The average Bonchev–Trinajstić information content (AvgIpc) is 2.65. The molecule has 0 saturated heterocycles. The zero-order valence-electron chi connectivity index (χ0n) is 17.7.